The van der Waals surface area contributed by atoms with Crippen LogP contribution in [0.1, 0.15) is 52.9 Å². The molecule has 2 amide bonds. The summed E-state index contributed by atoms with van der Waals surface area (Å²) in [5.74, 6) is -0.953. The molecule has 0 saturated carbocycles. The van der Waals surface area contributed by atoms with E-state index in [1.807, 2.05) is 18.7 Å². The summed E-state index contributed by atoms with van der Waals surface area (Å²) < 4.78 is 0. The highest BCUT2D eigenvalue weighted by molar-refractivity contribution is 5.80. The molecule has 0 radical (unpaired) electrons. The Morgan fingerprint density at radius 1 is 1.37 bits per heavy atom. The Morgan fingerprint density at radius 3 is 2.58 bits per heavy atom. The first kappa shape index (κ1) is 15.8. The van der Waals surface area contributed by atoms with Crippen LogP contribution in [0.25, 0.3) is 0 Å². The number of carboxylic acids is 1. The van der Waals surface area contributed by atoms with Crippen LogP contribution in [0, 0.1) is 0 Å². The number of aliphatic carboxylic acids is 1. The molecule has 19 heavy (non-hydrogen) atoms. The van der Waals surface area contributed by atoms with Crippen LogP contribution in [0.2, 0.25) is 0 Å². The first-order chi connectivity index (χ1) is 8.97. The lowest BCUT2D eigenvalue weighted by atomic mass is 9.98. The van der Waals surface area contributed by atoms with Crippen LogP contribution in [-0.2, 0) is 4.79 Å². The summed E-state index contributed by atoms with van der Waals surface area (Å²) in [6.45, 7) is 6.38. The quantitative estimate of drug-likeness (QED) is 0.835. The van der Waals surface area contributed by atoms with E-state index in [0.717, 1.165) is 38.6 Å². The predicted molar refractivity (Wildman–Crippen MR) is 74.1 cm³/mol. The lowest BCUT2D eigenvalue weighted by Gasteiger charge is -2.40. The maximum Gasteiger partial charge on any atom is 0.323 e. The van der Waals surface area contributed by atoms with Gasteiger partial charge in [0.2, 0.25) is 0 Å². The molecule has 1 aliphatic rings. The number of amides is 2. The van der Waals surface area contributed by atoms with Gasteiger partial charge in [-0.3, -0.25) is 4.79 Å². The van der Waals surface area contributed by atoms with E-state index in [0.29, 0.717) is 0 Å². The summed E-state index contributed by atoms with van der Waals surface area (Å²) >= 11 is 0. The maximum absolute atomic E-state index is 12.5. The van der Waals surface area contributed by atoms with Gasteiger partial charge in [-0.05, 0) is 39.5 Å². The minimum atomic E-state index is -0.953. The first-order valence-corrected chi connectivity index (χ1v) is 7.26. The van der Waals surface area contributed by atoms with Gasteiger partial charge in [0.15, 0.2) is 0 Å². The lowest BCUT2D eigenvalue weighted by molar-refractivity contribution is -0.138. The third-order valence-corrected chi connectivity index (χ3v) is 3.67. The van der Waals surface area contributed by atoms with Crippen LogP contribution < -0.4 is 0 Å². The van der Waals surface area contributed by atoms with Gasteiger partial charge in [-0.2, -0.15) is 0 Å². The largest absolute Gasteiger partial charge is 0.480 e. The average Bonchev–Trinajstić information content (AvgIpc) is 2.36. The van der Waals surface area contributed by atoms with E-state index in [2.05, 4.69) is 6.92 Å². The second-order valence-electron chi connectivity index (χ2n) is 5.53. The third kappa shape index (κ3) is 4.40. The fourth-order valence-electron chi connectivity index (χ4n) is 2.67. The highest BCUT2D eigenvalue weighted by Crippen LogP contribution is 2.22. The molecule has 0 bridgehead atoms. The van der Waals surface area contributed by atoms with Gasteiger partial charge >= 0.3 is 12.0 Å². The minimum absolute atomic E-state index is 0.0900. The number of carboxylic acid groups (broad SMARTS) is 1. The standard InChI is InChI=1S/C14H26N2O3/c1-4-7-12-8-5-6-9-15(12)14(19)16(11(2)3)10-13(17)18/h11-12H,4-10H2,1-3H3,(H,17,18). The Bertz CT molecular complexity index is 316. The molecule has 1 fully saturated rings. The van der Waals surface area contributed by atoms with Crippen LogP contribution in [0.15, 0.2) is 0 Å². The molecule has 0 aliphatic carbocycles. The number of carbonyl (C=O) groups excluding carboxylic acids is 1. The molecule has 5 heteroatoms. The molecule has 0 aromatic rings. The van der Waals surface area contributed by atoms with Gasteiger partial charge in [0.25, 0.3) is 0 Å². The number of urea groups is 1. The van der Waals surface area contributed by atoms with Gasteiger partial charge in [-0.25, -0.2) is 4.79 Å². The van der Waals surface area contributed by atoms with E-state index in [9.17, 15) is 9.59 Å². The van der Waals surface area contributed by atoms with Gasteiger partial charge in [-0.1, -0.05) is 13.3 Å². The molecule has 0 aromatic carbocycles. The number of rotatable bonds is 5. The fraction of sp³-hybridized carbons (Fsp3) is 0.857. The van der Waals surface area contributed by atoms with Crippen molar-refractivity contribution in [2.75, 3.05) is 13.1 Å². The highest BCUT2D eigenvalue weighted by Gasteiger charge is 2.31. The predicted octanol–water partition coefficient (Wildman–Crippen LogP) is 2.56. The summed E-state index contributed by atoms with van der Waals surface area (Å²) in [4.78, 5) is 26.8. The molecule has 1 unspecified atom stereocenters. The number of hydrogen-bond donors (Lipinski definition) is 1. The second-order valence-corrected chi connectivity index (χ2v) is 5.53. The third-order valence-electron chi connectivity index (χ3n) is 3.67. The zero-order valence-electron chi connectivity index (χ0n) is 12.3. The van der Waals surface area contributed by atoms with Crippen LogP contribution in [0.4, 0.5) is 4.79 Å². The van der Waals surface area contributed by atoms with E-state index < -0.39 is 5.97 Å². The van der Waals surface area contributed by atoms with Gasteiger partial charge in [-0.15, -0.1) is 0 Å². The molecule has 5 nitrogen and oxygen atoms in total. The van der Waals surface area contributed by atoms with Crippen molar-refractivity contribution in [3.05, 3.63) is 0 Å². The molecule has 1 atom stereocenters. The van der Waals surface area contributed by atoms with E-state index in [1.165, 1.54) is 4.90 Å². The minimum Gasteiger partial charge on any atom is -0.480 e. The van der Waals surface area contributed by atoms with Crippen LogP contribution >= 0.6 is 0 Å². The lowest BCUT2D eigenvalue weighted by Crippen LogP contribution is -2.53. The van der Waals surface area contributed by atoms with Crippen molar-refractivity contribution in [2.45, 2.75) is 65.0 Å². The van der Waals surface area contributed by atoms with Gasteiger partial charge < -0.3 is 14.9 Å². The van der Waals surface area contributed by atoms with Crippen molar-refractivity contribution in [1.29, 1.82) is 0 Å². The van der Waals surface area contributed by atoms with Gasteiger partial charge in [0, 0.05) is 18.6 Å². The molecule has 1 saturated heterocycles. The van der Waals surface area contributed by atoms with E-state index >= 15 is 0 Å². The molecule has 1 rings (SSSR count). The Balaban J connectivity index is 2.77. The van der Waals surface area contributed by atoms with Crippen molar-refractivity contribution >= 4 is 12.0 Å². The number of nitrogens with zero attached hydrogens (tertiary/aromatic N) is 2. The first-order valence-electron chi connectivity index (χ1n) is 7.26. The molecular weight excluding hydrogens is 244 g/mol. The fourth-order valence-corrected chi connectivity index (χ4v) is 2.67. The molecular formula is C14H26N2O3. The monoisotopic (exact) mass is 270 g/mol. The number of carbonyl (C=O) groups is 2. The summed E-state index contributed by atoms with van der Waals surface area (Å²) in [7, 11) is 0. The number of hydrogen-bond acceptors (Lipinski definition) is 2. The van der Waals surface area contributed by atoms with Crippen LogP contribution in [0.5, 0.6) is 0 Å². The summed E-state index contributed by atoms with van der Waals surface area (Å²) in [6, 6.07) is 0.0737. The topological polar surface area (TPSA) is 60.9 Å². The average molecular weight is 270 g/mol. The van der Waals surface area contributed by atoms with Crippen molar-refractivity contribution < 1.29 is 14.7 Å². The molecule has 1 heterocycles. The molecule has 110 valence electrons. The zero-order chi connectivity index (χ0) is 14.4. The van der Waals surface area contributed by atoms with Crippen molar-refractivity contribution in [3.63, 3.8) is 0 Å². The smallest absolute Gasteiger partial charge is 0.323 e. The van der Waals surface area contributed by atoms with Crippen molar-refractivity contribution in [3.8, 4) is 0 Å². The van der Waals surface area contributed by atoms with E-state index in [1.54, 1.807) is 0 Å². The molecule has 0 spiro atoms. The van der Waals surface area contributed by atoms with Crippen LogP contribution in [0.3, 0.4) is 0 Å². The van der Waals surface area contributed by atoms with Gasteiger partial charge in [0.1, 0.15) is 6.54 Å². The van der Waals surface area contributed by atoms with Crippen molar-refractivity contribution in [2.24, 2.45) is 0 Å². The molecule has 1 aliphatic heterocycles. The van der Waals surface area contributed by atoms with Crippen LogP contribution in [-0.4, -0.2) is 52.1 Å². The zero-order valence-corrected chi connectivity index (χ0v) is 12.3. The SMILES string of the molecule is CCCC1CCCCN1C(=O)N(CC(=O)O)C(C)C. The summed E-state index contributed by atoms with van der Waals surface area (Å²) in [6.07, 6.45) is 5.28. The Morgan fingerprint density at radius 2 is 2.05 bits per heavy atom. The van der Waals surface area contributed by atoms with E-state index in [4.69, 9.17) is 5.11 Å². The second kappa shape index (κ2) is 7.36. The number of likely N-dealkylation sites (tertiary alicyclic amines) is 1. The summed E-state index contributed by atoms with van der Waals surface area (Å²) in [5.41, 5.74) is 0. The normalized spacial score (nSPS) is 19.6. The highest BCUT2D eigenvalue weighted by atomic mass is 16.4. The van der Waals surface area contributed by atoms with Crippen molar-refractivity contribution in [1.82, 2.24) is 9.80 Å². The maximum atomic E-state index is 12.5. The van der Waals surface area contributed by atoms with Gasteiger partial charge in [0.05, 0.1) is 0 Å². The van der Waals surface area contributed by atoms with E-state index in [-0.39, 0.29) is 24.7 Å². The Labute approximate surface area is 115 Å². The molecule has 1 N–H and O–H groups in total. The Kier molecular flexibility index (Phi) is 6.12. The Hall–Kier alpha value is -1.26. The molecule has 0 aromatic heterocycles. The number of piperidine rings is 1. The summed E-state index contributed by atoms with van der Waals surface area (Å²) in [5, 5.41) is 8.94.